The van der Waals surface area contributed by atoms with Gasteiger partial charge in [-0.15, -0.1) is 0 Å². The average Bonchev–Trinajstić information content (AvgIpc) is 3.13. The van der Waals surface area contributed by atoms with Crippen molar-refractivity contribution in [3.63, 3.8) is 0 Å². The van der Waals surface area contributed by atoms with Gasteiger partial charge in [0.05, 0.1) is 23.0 Å². The maximum absolute atomic E-state index is 13.5. The first kappa shape index (κ1) is 44.1. The molecule has 0 heterocycles. The summed E-state index contributed by atoms with van der Waals surface area (Å²) in [6.45, 7) is 8.33. The number of phenols is 2. The summed E-state index contributed by atoms with van der Waals surface area (Å²) in [6.07, 6.45) is 19.5. The standard InChI is InChI=1S/C42H66N4O6/c1-5-9-12-14-16-19-22-31-25-27-35(37(47)29-31)41(51)45-43-39(49)33(21-8-4)34(24-18-11-7-3)40(50)44-46-42(52)36-28-26-32(30-38(36)48)23-20-17-15-13-10-6-2/h25-30,33-34,47-48H,5-24H2,1-4H3,(H,43,49)(H,44,50)(H,45,51)(H,46,52). The first-order valence-corrected chi connectivity index (χ1v) is 20.0. The lowest BCUT2D eigenvalue weighted by Gasteiger charge is -2.26. The van der Waals surface area contributed by atoms with Gasteiger partial charge in [-0.3, -0.25) is 40.9 Å². The normalized spacial score (nSPS) is 12.2. The van der Waals surface area contributed by atoms with Crippen molar-refractivity contribution in [2.45, 2.75) is 156 Å². The summed E-state index contributed by atoms with van der Waals surface area (Å²) in [4.78, 5) is 53.0. The molecule has 2 atom stereocenters. The minimum Gasteiger partial charge on any atom is -0.507 e. The molecule has 0 saturated carbocycles. The van der Waals surface area contributed by atoms with Gasteiger partial charge in [-0.25, -0.2) is 0 Å². The van der Waals surface area contributed by atoms with Gasteiger partial charge in [0.1, 0.15) is 11.5 Å². The molecular weight excluding hydrogens is 656 g/mol. The Morgan fingerprint density at radius 2 is 0.865 bits per heavy atom. The molecule has 0 saturated heterocycles. The third-order valence-electron chi connectivity index (χ3n) is 9.73. The highest BCUT2D eigenvalue weighted by molar-refractivity contribution is 5.99. The van der Waals surface area contributed by atoms with Crippen LogP contribution in [0, 0.1) is 11.8 Å². The molecule has 0 aliphatic carbocycles. The molecule has 0 fully saturated rings. The van der Waals surface area contributed by atoms with Crippen molar-refractivity contribution in [3.8, 4) is 11.5 Å². The molecule has 0 aliphatic rings. The molecule has 0 radical (unpaired) electrons. The fourth-order valence-electron chi connectivity index (χ4n) is 6.58. The molecule has 290 valence electrons. The van der Waals surface area contributed by atoms with Crippen molar-refractivity contribution in [1.82, 2.24) is 21.7 Å². The highest BCUT2D eigenvalue weighted by atomic mass is 16.3. The Balaban J connectivity index is 2.00. The first-order valence-electron chi connectivity index (χ1n) is 20.0. The number of hydrogen-bond donors (Lipinski definition) is 6. The van der Waals surface area contributed by atoms with E-state index in [1.807, 2.05) is 26.0 Å². The number of hydrogen-bond acceptors (Lipinski definition) is 6. The summed E-state index contributed by atoms with van der Waals surface area (Å²) in [5.41, 5.74) is 11.8. The van der Waals surface area contributed by atoms with Crippen LogP contribution in [-0.2, 0) is 22.4 Å². The van der Waals surface area contributed by atoms with Crippen LogP contribution in [-0.4, -0.2) is 33.8 Å². The van der Waals surface area contributed by atoms with E-state index in [2.05, 4.69) is 35.6 Å². The molecular formula is C42H66N4O6. The monoisotopic (exact) mass is 722 g/mol. The van der Waals surface area contributed by atoms with Crippen molar-refractivity contribution in [2.75, 3.05) is 0 Å². The maximum atomic E-state index is 13.5. The minimum absolute atomic E-state index is 0.0395. The number of hydrazine groups is 2. The molecule has 4 amide bonds. The maximum Gasteiger partial charge on any atom is 0.273 e. The van der Waals surface area contributed by atoms with Crippen LogP contribution in [0.15, 0.2) is 36.4 Å². The Bertz CT molecular complexity index is 1380. The Labute approximate surface area is 312 Å². The van der Waals surface area contributed by atoms with E-state index in [4.69, 9.17) is 0 Å². The predicted molar refractivity (Wildman–Crippen MR) is 208 cm³/mol. The number of aromatic hydroxyl groups is 2. The number of aryl methyl sites for hydroxylation is 2. The molecule has 2 aromatic rings. The van der Waals surface area contributed by atoms with E-state index >= 15 is 0 Å². The zero-order chi connectivity index (χ0) is 38.1. The molecule has 6 N–H and O–H groups in total. The van der Waals surface area contributed by atoms with Gasteiger partial charge >= 0.3 is 0 Å². The second-order valence-corrected chi connectivity index (χ2v) is 14.1. The highest BCUT2D eigenvalue weighted by Gasteiger charge is 2.33. The first-order chi connectivity index (χ1) is 25.2. The topological polar surface area (TPSA) is 157 Å². The van der Waals surface area contributed by atoms with E-state index in [1.54, 1.807) is 24.3 Å². The van der Waals surface area contributed by atoms with E-state index in [0.717, 1.165) is 62.5 Å². The lowest BCUT2D eigenvalue weighted by atomic mass is 9.83. The fraction of sp³-hybridized carbons (Fsp3) is 0.619. The van der Waals surface area contributed by atoms with E-state index in [1.165, 1.54) is 51.4 Å². The van der Waals surface area contributed by atoms with Crippen LogP contribution in [0.3, 0.4) is 0 Å². The zero-order valence-electron chi connectivity index (χ0n) is 32.3. The van der Waals surface area contributed by atoms with Crippen LogP contribution in [0.5, 0.6) is 11.5 Å². The number of carbonyl (C=O) groups is 4. The molecule has 0 aromatic heterocycles. The highest BCUT2D eigenvalue weighted by Crippen LogP contribution is 2.26. The molecule has 2 unspecified atom stereocenters. The minimum atomic E-state index is -0.790. The van der Waals surface area contributed by atoms with Gasteiger partial charge in [0.2, 0.25) is 11.8 Å². The molecule has 0 aliphatic heterocycles. The zero-order valence-corrected chi connectivity index (χ0v) is 32.3. The third-order valence-corrected chi connectivity index (χ3v) is 9.73. The van der Waals surface area contributed by atoms with Crippen LogP contribution in [0.1, 0.15) is 175 Å². The molecule has 10 nitrogen and oxygen atoms in total. The largest absolute Gasteiger partial charge is 0.507 e. The predicted octanol–water partition coefficient (Wildman–Crippen LogP) is 8.74. The Hall–Kier alpha value is -4.08. The number of carbonyl (C=O) groups excluding carboxylic acids is 4. The van der Waals surface area contributed by atoms with Gasteiger partial charge in [-0.05, 0) is 73.9 Å². The number of unbranched alkanes of at least 4 members (excludes halogenated alkanes) is 12. The average molecular weight is 723 g/mol. The Morgan fingerprint density at radius 1 is 0.481 bits per heavy atom. The van der Waals surface area contributed by atoms with Crippen LogP contribution in [0.25, 0.3) is 0 Å². The lowest BCUT2D eigenvalue weighted by Crippen LogP contribution is -2.51. The Morgan fingerprint density at radius 3 is 1.27 bits per heavy atom. The molecule has 2 aromatic carbocycles. The van der Waals surface area contributed by atoms with Crippen molar-refractivity contribution >= 4 is 23.6 Å². The summed E-state index contributed by atoms with van der Waals surface area (Å²) in [6, 6.07) is 9.93. The molecule has 2 rings (SSSR count). The van der Waals surface area contributed by atoms with Gasteiger partial charge in [0.15, 0.2) is 0 Å². The van der Waals surface area contributed by atoms with Gasteiger partial charge in [0.25, 0.3) is 11.8 Å². The van der Waals surface area contributed by atoms with Crippen LogP contribution >= 0.6 is 0 Å². The molecule has 0 bridgehead atoms. The van der Waals surface area contributed by atoms with E-state index in [0.29, 0.717) is 25.7 Å². The van der Waals surface area contributed by atoms with Crippen molar-refractivity contribution in [2.24, 2.45) is 11.8 Å². The van der Waals surface area contributed by atoms with Gasteiger partial charge in [-0.1, -0.05) is 130 Å². The fourth-order valence-corrected chi connectivity index (χ4v) is 6.58. The number of amides is 4. The van der Waals surface area contributed by atoms with Crippen molar-refractivity contribution < 1.29 is 29.4 Å². The SMILES string of the molecule is CCCCCCCCc1ccc(C(=O)NNC(=O)C(CCC)C(CCCCC)C(=O)NNC(=O)c2ccc(CCCCCCCC)cc2O)c(O)c1. The summed E-state index contributed by atoms with van der Waals surface area (Å²) < 4.78 is 0. The number of benzene rings is 2. The van der Waals surface area contributed by atoms with Crippen LogP contribution in [0.4, 0.5) is 0 Å². The smallest absolute Gasteiger partial charge is 0.273 e. The van der Waals surface area contributed by atoms with E-state index < -0.39 is 35.5 Å². The molecule has 10 heteroatoms. The summed E-state index contributed by atoms with van der Waals surface area (Å²) in [5, 5.41) is 21.2. The summed E-state index contributed by atoms with van der Waals surface area (Å²) in [5.74, 6) is -4.28. The molecule has 0 spiro atoms. The van der Waals surface area contributed by atoms with Gasteiger partial charge in [0, 0.05) is 0 Å². The van der Waals surface area contributed by atoms with Crippen LogP contribution in [0.2, 0.25) is 0 Å². The number of rotatable bonds is 25. The number of nitrogens with one attached hydrogen (secondary N) is 4. The summed E-state index contributed by atoms with van der Waals surface area (Å²) in [7, 11) is 0. The lowest BCUT2D eigenvalue weighted by molar-refractivity contribution is -0.136. The van der Waals surface area contributed by atoms with Crippen molar-refractivity contribution in [3.05, 3.63) is 58.7 Å². The summed E-state index contributed by atoms with van der Waals surface area (Å²) >= 11 is 0. The third kappa shape index (κ3) is 16.1. The quantitative estimate of drug-likeness (QED) is 0.0445. The Kier molecular flexibility index (Phi) is 21.9. The second kappa shape index (κ2) is 25.8. The van der Waals surface area contributed by atoms with Gasteiger partial charge in [-0.2, -0.15) is 0 Å². The number of phenolic OH excluding ortho intramolecular Hbond substituents is 2. The van der Waals surface area contributed by atoms with Crippen LogP contribution < -0.4 is 21.7 Å². The molecule has 52 heavy (non-hydrogen) atoms. The van der Waals surface area contributed by atoms with Crippen molar-refractivity contribution in [1.29, 1.82) is 0 Å². The second-order valence-electron chi connectivity index (χ2n) is 14.1. The van der Waals surface area contributed by atoms with E-state index in [9.17, 15) is 29.4 Å². The van der Waals surface area contributed by atoms with Gasteiger partial charge < -0.3 is 10.2 Å². The van der Waals surface area contributed by atoms with E-state index in [-0.39, 0.29) is 22.6 Å².